The summed E-state index contributed by atoms with van der Waals surface area (Å²) < 4.78 is 0.456. The van der Waals surface area contributed by atoms with Gasteiger partial charge in [-0.05, 0) is 18.3 Å². The topological polar surface area (TPSA) is 32.3 Å². The van der Waals surface area contributed by atoms with E-state index < -0.39 is 0 Å². The maximum atomic E-state index is 11.6. The van der Waals surface area contributed by atoms with Crippen molar-refractivity contribution < 1.29 is 1.43 Å². The maximum absolute atomic E-state index is 11.6. The zero-order valence-electron chi connectivity index (χ0n) is 12.1. The Morgan fingerprint density at radius 1 is 1.28 bits per heavy atom. The highest BCUT2D eigenvalue weighted by Gasteiger charge is 2.18. The quantitative estimate of drug-likeness (QED) is 0.632. The van der Waals surface area contributed by atoms with Crippen LogP contribution in [0.15, 0.2) is 4.79 Å². The van der Waals surface area contributed by atoms with E-state index in [-0.39, 0.29) is 6.86 Å². The third kappa shape index (κ3) is 3.80. The van der Waals surface area contributed by atoms with Gasteiger partial charge < -0.3 is 10.2 Å². The molecule has 18 heavy (non-hydrogen) atoms. The van der Waals surface area contributed by atoms with Crippen LogP contribution in [0.5, 0.6) is 0 Å². The van der Waals surface area contributed by atoms with Gasteiger partial charge in [0.25, 0.3) is 0 Å². The van der Waals surface area contributed by atoms with Gasteiger partial charge in [-0.1, -0.05) is 39.4 Å². The van der Waals surface area contributed by atoms with Crippen LogP contribution in [-0.4, -0.2) is 20.6 Å². The fraction of sp³-hybridized carbons (Fsp3) is 0.714. The van der Waals surface area contributed by atoms with Crippen LogP contribution in [0.2, 0.25) is 0 Å². The van der Waals surface area contributed by atoms with Crippen LogP contribution in [-0.2, 0) is 0 Å². The zero-order valence-corrected chi connectivity index (χ0v) is 12.9. The lowest BCUT2D eigenvalue weighted by atomic mass is 9.90. The highest BCUT2D eigenvalue weighted by Crippen LogP contribution is 2.26. The van der Waals surface area contributed by atoms with E-state index in [1.165, 1.54) is 12.8 Å². The van der Waals surface area contributed by atoms with Gasteiger partial charge in [0.1, 0.15) is 10.2 Å². The molecule has 3 nitrogen and oxygen atoms in total. The summed E-state index contributed by atoms with van der Waals surface area (Å²) in [7, 11) is 3.82. The summed E-state index contributed by atoms with van der Waals surface area (Å²) in [5.74, 6) is 0. The van der Waals surface area contributed by atoms with Gasteiger partial charge in [-0.3, -0.25) is 4.79 Å². The van der Waals surface area contributed by atoms with E-state index in [1.54, 1.807) is 0 Å². The van der Waals surface area contributed by atoms with Gasteiger partial charge >= 0.3 is 0 Å². The molecular formula is C14H26N2OS. The fourth-order valence-corrected chi connectivity index (χ4v) is 2.35. The average molecular weight is 270 g/mol. The van der Waals surface area contributed by atoms with Crippen LogP contribution < -0.4 is 15.6 Å². The first-order valence-electron chi connectivity index (χ1n) is 6.48. The SMILES string of the molecule is CN(C)c1c(NCCCCC(C)(C)C)c(=O)c1=S.[HH]. The standard InChI is InChI=1S/C14H24N2OS.H2/c1-14(2,3)8-6-7-9-15-10-11(16(4)5)13(18)12(10)17;/h15H,6-9H2,1-5H3;1H. The van der Waals surface area contributed by atoms with E-state index >= 15 is 0 Å². The van der Waals surface area contributed by atoms with Crippen molar-refractivity contribution in [3.05, 3.63) is 14.7 Å². The lowest BCUT2D eigenvalue weighted by Crippen LogP contribution is -2.26. The molecule has 0 fully saturated rings. The molecule has 104 valence electrons. The van der Waals surface area contributed by atoms with Crippen molar-refractivity contribution in [2.45, 2.75) is 40.0 Å². The number of nitrogens with zero attached hydrogens (tertiary/aromatic N) is 1. The van der Waals surface area contributed by atoms with Crippen LogP contribution in [0.1, 0.15) is 41.5 Å². The number of hydrogen-bond acceptors (Lipinski definition) is 4. The van der Waals surface area contributed by atoms with Crippen molar-refractivity contribution in [3.8, 4) is 0 Å². The summed E-state index contributed by atoms with van der Waals surface area (Å²) in [6.07, 6.45) is 3.47. The Kier molecular flexibility index (Phi) is 4.91. The van der Waals surface area contributed by atoms with Crippen molar-refractivity contribution in [2.24, 2.45) is 5.41 Å². The third-order valence-electron chi connectivity index (χ3n) is 2.99. The van der Waals surface area contributed by atoms with E-state index in [0.717, 1.165) is 18.7 Å². The van der Waals surface area contributed by atoms with E-state index in [9.17, 15) is 4.79 Å². The van der Waals surface area contributed by atoms with Gasteiger partial charge in [-0.2, -0.15) is 0 Å². The second-order valence-corrected chi connectivity index (χ2v) is 6.63. The Balaban J connectivity index is 0.00000324. The normalized spacial score (nSPS) is 11.8. The molecule has 0 aromatic heterocycles. The Labute approximate surface area is 116 Å². The molecule has 0 saturated heterocycles. The molecule has 0 radical (unpaired) electrons. The summed E-state index contributed by atoms with van der Waals surface area (Å²) >= 11 is 5.04. The number of nitrogens with one attached hydrogen (secondary N) is 1. The first-order valence-corrected chi connectivity index (χ1v) is 6.89. The maximum Gasteiger partial charge on any atom is 0.223 e. The van der Waals surface area contributed by atoms with Crippen LogP contribution in [0.3, 0.4) is 0 Å². The van der Waals surface area contributed by atoms with Crippen LogP contribution >= 0.6 is 12.2 Å². The molecule has 0 aliphatic carbocycles. The molecule has 0 aliphatic rings. The Hall–Kier alpha value is -0.900. The monoisotopic (exact) mass is 270 g/mol. The molecule has 0 aliphatic heterocycles. The molecule has 0 saturated carbocycles. The lowest BCUT2D eigenvalue weighted by Gasteiger charge is -2.21. The van der Waals surface area contributed by atoms with Crippen LogP contribution in [0, 0.1) is 9.93 Å². The van der Waals surface area contributed by atoms with Gasteiger partial charge in [0.05, 0.1) is 5.69 Å². The number of rotatable bonds is 6. The van der Waals surface area contributed by atoms with Crippen molar-refractivity contribution in [3.63, 3.8) is 0 Å². The summed E-state index contributed by atoms with van der Waals surface area (Å²) in [5, 5.41) is 3.22. The molecule has 0 atom stereocenters. The molecule has 4 heteroatoms. The number of anilines is 2. The highest BCUT2D eigenvalue weighted by atomic mass is 32.1. The van der Waals surface area contributed by atoms with E-state index in [0.29, 0.717) is 15.6 Å². The summed E-state index contributed by atoms with van der Waals surface area (Å²) in [6.45, 7) is 7.60. The summed E-state index contributed by atoms with van der Waals surface area (Å²) in [4.78, 5) is 13.5. The zero-order chi connectivity index (χ0) is 13.9. The van der Waals surface area contributed by atoms with E-state index in [2.05, 4.69) is 26.1 Å². The molecule has 0 amide bonds. The number of hydrogen-bond donors (Lipinski definition) is 1. The van der Waals surface area contributed by atoms with Gasteiger partial charge in [0, 0.05) is 22.1 Å². The average Bonchev–Trinajstić information content (AvgIpc) is 2.24. The molecule has 0 bridgehead atoms. The van der Waals surface area contributed by atoms with Crippen LogP contribution in [0.25, 0.3) is 0 Å². The van der Waals surface area contributed by atoms with Gasteiger partial charge in [0.15, 0.2) is 0 Å². The van der Waals surface area contributed by atoms with Crippen molar-refractivity contribution in [2.75, 3.05) is 30.9 Å². The van der Waals surface area contributed by atoms with E-state index in [4.69, 9.17) is 12.2 Å². The minimum atomic E-state index is -0.00970. The third-order valence-corrected chi connectivity index (χ3v) is 3.37. The molecule has 0 unspecified atom stereocenters. The summed E-state index contributed by atoms with van der Waals surface area (Å²) in [5.41, 5.74) is 1.96. The predicted molar refractivity (Wildman–Crippen MR) is 84.2 cm³/mol. The molecule has 1 rings (SSSR count). The molecule has 1 N–H and O–H groups in total. The highest BCUT2D eigenvalue weighted by molar-refractivity contribution is 7.71. The smallest absolute Gasteiger partial charge is 0.223 e. The minimum Gasteiger partial charge on any atom is -0.380 e. The Morgan fingerprint density at radius 2 is 1.89 bits per heavy atom. The van der Waals surface area contributed by atoms with Gasteiger partial charge in [-0.15, -0.1) is 0 Å². The van der Waals surface area contributed by atoms with Crippen molar-refractivity contribution in [1.82, 2.24) is 0 Å². The minimum absolute atomic E-state index is 0. The molecule has 0 heterocycles. The van der Waals surface area contributed by atoms with Gasteiger partial charge in [-0.25, -0.2) is 0 Å². The fourth-order valence-electron chi connectivity index (χ4n) is 1.96. The van der Waals surface area contributed by atoms with E-state index in [1.807, 2.05) is 19.0 Å². The second kappa shape index (κ2) is 5.83. The predicted octanol–water partition coefficient (Wildman–Crippen LogP) is 3.59. The Bertz CT molecular complexity index is 470. The molecule has 1 aromatic carbocycles. The van der Waals surface area contributed by atoms with Crippen LogP contribution in [0.4, 0.5) is 11.4 Å². The Morgan fingerprint density at radius 3 is 2.39 bits per heavy atom. The second-order valence-electron chi connectivity index (χ2n) is 6.22. The summed E-state index contributed by atoms with van der Waals surface area (Å²) in [6, 6.07) is 0. The molecule has 0 spiro atoms. The lowest BCUT2D eigenvalue weighted by molar-refractivity contribution is 0.362. The largest absolute Gasteiger partial charge is 0.380 e. The first kappa shape index (κ1) is 15.2. The van der Waals surface area contributed by atoms with Crippen molar-refractivity contribution >= 4 is 23.6 Å². The van der Waals surface area contributed by atoms with Crippen molar-refractivity contribution in [1.29, 1.82) is 0 Å². The van der Waals surface area contributed by atoms with Gasteiger partial charge in [0.2, 0.25) is 5.43 Å². The molecule has 1 aromatic rings. The molecular weight excluding hydrogens is 244 g/mol. The first-order chi connectivity index (χ1) is 8.24. The number of unbranched alkanes of at least 4 members (excludes halogenated alkanes) is 1.